The fraction of sp³-hybridized carbons (Fsp3) is 0.273. The lowest BCUT2D eigenvalue weighted by Gasteiger charge is -2.24. The van der Waals surface area contributed by atoms with Crippen LogP contribution >= 0.6 is 0 Å². The maximum atomic E-state index is 14.0. The molecule has 3 N–H and O–H groups in total. The molecule has 1 amide bonds. The number of methoxy groups -OCH3 is 1. The van der Waals surface area contributed by atoms with E-state index in [1.165, 1.54) is 25.3 Å². The van der Waals surface area contributed by atoms with Crippen LogP contribution in [0.2, 0.25) is 0 Å². The monoisotopic (exact) mass is 412 g/mol. The number of hydrogen-bond acceptors (Lipinski definition) is 5. The molecule has 30 heavy (non-hydrogen) atoms. The molecule has 2 heterocycles. The lowest BCUT2D eigenvalue weighted by molar-refractivity contribution is -0.142. The molecule has 2 aromatic rings. The zero-order chi connectivity index (χ0) is 21.4. The van der Waals surface area contributed by atoms with Crippen LogP contribution in [-0.2, 0) is 32.3 Å². The number of ether oxygens (including phenoxy) is 2. The molecule has 0 saturated heterocycles. The lowest BCUT2D eigenvalue weighted by atomic mass is 9.96. The molecule has 2 aromatic carbocycles. The molecule has 0 aliphatic carbocycles. The van der Waals surface area contributed by atoms with Crippen molar-refractivity contribution in [1.82, 2.24) is 5.32 Å². The maximum absolute atomic E-state index is 14.0. The summed E-state index contributed by atoms with van der Waals surface area (Å²) in [5.41, 5.74) is 3.90. The summed E-state index contributed by atoms with van der Waals surface area (Å²) in [6.45, 7) is 2.55. The first-order chi connectivity index (χ1) is 14.4. The smallest absolute Gasteiger partial charge is 0.328 e. The SMILES string of the molecule is COC(C)C(NC(=C1C(=O)Nc2ccc(F)cc21)c1ccc2c(c1)COC2)C(=O)O. The van der Waals surface area contributed by atoms with Crippen molar-refractivity contribution >= 4 is 28.8 Å². The maximum Gasteiger partial charge on any atom is 0.328 e. The summed E-state index contributed by atoms with van der Waals surface area (Å²) in [5, 5.41) is 15.4. The molecule has 0 radical (unpaired) electrons. The number of carboxylic acids is 1. The van der Waals surface area contributed by atoms with Crippen LogP contribution in [0.3, 0.4) is 0 Å². The van der Waals surface area contributed by atoms with E-state index in [2.05, 4.69) is 10.6 Å². The van der Waals surface area contributed by atoms with Crippen molar-refractivity contribution in [3.8, 4) is 0 Å². The summed E-state index contributed by atoms with van der Waals surface area (Å²) < 4.78 is 24.6. The van der Waals surface area contributed by atoms with Gasteiger partial charge in [0.25, 0.3) is 5.91 Å². The van der Waals surface area contributed by atoms with Crippen LogP contribution in [0.25, 0.3) is 11.3 Å². The first-order valence-electron chi connectivity index (χ1n) is 9.46. The van der Waals surface area contributed by atoms with Crippen molar-refractivity contribution in [2.75, 3.05) is 12.4 Å². The van der Waals surface area contributed by atoms with Crippen LogP contribution in [0, 0.1) is 5.82 Å². The van der Waals surface area contributed by atoms with Gasteiger partial charge in [-0.05, 0) is 47.9 Å². The molecular weight excluding hydrogens is 391 g/mol. The summed E-state index contributed by atoms with van der Waals surface area (Å²) in [7, 11) is 1.41. The lowest BCUT2D eigenvalue weighted by Crippen LogP contribution is -2.45. The molecule has 0 aromatic heterocycles. The van der Waals surface area contributed by atoms with Crippen molar-refractivity contribution in [1.29, 1.82) is 0 Å². The van der Waals surface area contributed by atoms with Gasteiger partial charge < -0.3 is 25.2 Å². The van der Waals surface area contributed by atoms with Gasteiger partial charge in [-0.1, -0.05) is 12.1 Å². The number of halogens is 1. The van der Waals surface area contributed by atoms with E-state index >= 15 is 0 Å². The van der Waals surface area contributed by atoms with Gasteiger partial charge >= 0.3 is 5.97 Å². The van der Waals surface area contributed by atoms with Crippen molar-refractivity contribution in [2.24, 2.45) is 0 Å². The largest absolute Gasteiger partial charge is 0.480 e. The number of carboxylic acid groups (broad SMARTS) is 1. The minimum Gasteiger partial charge on any atom is -0.480 e. The molecule has 2 aliphatic rings. The van der Waals surface area contributed by atoms with Crippen molar-refractivity contribution < 1.29 is 28.6 Å². The van der Waals surface area contributed by atoms with Gasteiger partial charge in [-0.15, -0.1) is 0 Å². The van der Waals surface area contributed by atoms with Crippen LogP contribution in [0.5, 0.6) is 0 Å². The Bertz CT molecular complexity index is 1070. The van der Waals surface area contributed by atoms with Gasteiger partial charge in [0.05, 0.1) is 30.6 Å². The Morgan fingerprint density at radius 1 is 1.23 bits per heavy atom. The number of anilines is 1. The summed E-state index contributed by atoms with van der Waals surface area (Å²) in [4.78, 5) is 24.8. The molecular formula is C22H21FN2O5. The van der Waals surface area contributed by atoms with Gasteiger partial charge in [-0.2, -0.15) is 0 Å². The molecule has 2 unspecified atom stereocenters. The topological polar surface area (TPSA) is 96.9 Å². The Morgan fingerprint density at radius 3 is 2.73 bits per heavy atom. The Labute approximate surface area is 172 Å². The fourth-order valence-corrected chi connectivity index (χ4v) is 3.69. The van der Waals surface area contributed by atoms with Crippen molar-refractivity contribution in [2.45, 2.75) is 32.3 Å². The van der Waals surface area contributed by atoms with Gasteiger partial charge in [0.1, 0.15) is 5.82 Å². The average Bonchev–Trinajstić information content (AvgIpc) is 3.31. The van der Waals surface area contributed by atoms with E-state index < -0.39 is 29.8 Å². The first kappa shape index (κ1) is 20.1. The van der Waals surface area contributed by atoms with E-state index in [0.717, 1.165) is 11.1 Å². The van der Waals surface area contributed by atoms with E-state index in [0.29, 0.717) is 35.7 Å². The molecule has 0 saturated carbocycles. The van der Waals surface area contributed by atoms with Crippen LogP contribution < -0.4 is 10.6 Å². The molecule has 0 bridgehead atoms. The van der Waals surface area contributed by atoms with Crippen LogP contribution in [0.1, 0.15) is 29.2 Å². The summed E-state index contributed by atoms with van der Waals surface area (Å²) >= 11 is 0. The summed E-state index contributed by atoms with van der Waals surface area (Å²) in [6, 6.07) is 8.41. The minimum absolute atomic E-state index is 0.179. The second-order valence-corrected chi connectivity index (χ2v) is 7.27. The number of fused-ring (bicyclic) bond motifs is 2. The van der Waals surface area contributed by atoms with Crippen LogP contribution in [0.15, 0.2) is 36.4 Å². The Morgan fingerprint density at radius 2 is 2.00 bits per heavy atom. The number of benzene rings is 2. The Kier molecular flexibility index (Phi) is 5.27. The van der Waals surface area contributed by atoms with Gasteiger partial charge in [0, 0.05) is 18.4 Å². The molecule has 2 aliphatic heterocycles. The zero-order valence-electron chi connectivity index (χ0n) is 16.5. The second-order valence-electron chi connectivity index (χ2n) is 7.27. The molecule has 8 heteroatoms. The van der Waals surface area contributed by atoms with Gasteiger partial charge in [-0.25, -0.2) is 9.18 Å². The second kappa shape index (κ2) is 7.89. The number of hydrogen-bond donors (Lipinski definition) is 3. The van der Waals surface area contributed by atoms with Gasteiger partial charge in [-0.3, -0.25) is 4.79 Å². The predicted molar refractivity (Wildman–Crippen MR) is 108 cm³/mol. The van der Waals surface area contributed by atoms with Gasteiger partial charge in [0.2, 0.25) is 0 Å². The number of nitrogens with one attached hydrogen (secondary N) is 2. The predicted octanol–water partition coefficient (Wildman–Crippen LogP) is 2.75. The molecule has 0 fully saturated rings. The van der Waals surface area contributed by atoms with E-state index in [1.54, 1.807) is 13.0 Å². The highest BCUT2D eigenvalue weighted by Gasteiger charge is 2.33. The Hall–Kier alpha value is -3.23. The van der Waals surface area contributed by atoms with E-state index in [4.69, 9.17) is 9.47 Å². The molecule has 0 spiro atoms. The van der Waals surface area contributed by atoms with Crippen LogP contribution in [0.4, 0.5) is 10.1 Å². The third-order valence-electron chi connectivity index (χ3n) is 5.39. The number of carbonyl (C=O) groups is 2. The molecule has 2 atom stereocenters. The normalized spacial score (nSPS) is 18.3. The van der Waals surface area contributed by atoms with Crippen LogP contribution in [-0.4, -0.2) is 36.2 Å². The molecule has 4 rings (SSSR count). The number of carbonyl (C=O) groups excluding carboxylic acids is 1. The highest BCUT2D eigenvalue weighted by molar-refractivity contribution is 6.36. The van der Waals surface area contributed by atoms with E-state index in [-0.39, 0.29) is 5.57 Å². The van der Waals surface area contributed by atoms with Crippen molar-refractivity contribution in [3.63, 3.8) is 0 Å². The third kappa shape index (κ3) is 3.55. The van der Waals surface area contributed by atoms with Gasteiger partial charge in [0.15, 0.2) is 6.04 Å². The van der Waals surface area contributed by atoms with Crippen molar-refractivity contribution in [3.05, 3.63) is 64.5 Å². The number of rotatable bonds is 6. The summed E-state index contributed by atoms with van der Waals surface area (Å²) in [5.74, 6) is -2.07. The number of amides is 1. The average molecular weight is 412 g/mol. The fourth-order valence-electron chi connectivity index (χ4n) is 3.69. The van der Waals surface area contributed by atoms with E-state index in [1.807, 2.05) is 12.1 Å². The zero-order valence-corrected chi connectivity index (χ0v) is 16.5. The standard InChI is InChI=1S/C22H21FN2O5/c1-11(29-2)19(22(27)28)25-20(12-3-4-13-9-30-10-14(13)7-12)18-16-8-15(23)5-6-17(16)24-21(18)26/h3-8,11,19,25H,9-10H2,1-2H3,(H,24,26)(H,27,28). The third-order valence-corrected chi connectivity index (χ3v) is 5.39. The first-order valence-corrected chi connectivity index (χ1v) is 9.46. The quantitative estimate of drug-likeness (QED) is 0.632. The molecule has 7 nitrogen and oxygen atoms in total. The highest BCUT2D eigenvalue weighted by Crippen LogP contribution is 2.37. The summed E-state index contributed by atoms with van der Waals surface area (Å²) in [6.07, 6.45) is -0.688. The highest BCUT2D eigenvalue weighted by atomic mass is 19.1. The minimum atomic E-state index is -1.13. The van der Waals surface area contributed by atoms with E-state index in [9.17, 15) is 19.1 Å². The Balaban J connectivity index is 1.91. The molecule has 156 valence electrons. The number of aliphatic carboxylic acids is 1.